The molecule has 0 saturated heterocycles. The highest BCUT2D eigenvalue weighted by Gasteiger charge is 2.45. The van der Waals surface area contributed by atoms with Gasteiger partial charge in [-0.1, -0.05) is 328 Å². The van der Waals surface area contributed by atoms with E-state index in [4.69, 9.17) is 9.97 Å². The first-order valence-corrected chi connectivity index (χ1v) is 38.1. The predicted octanol–water partition coefficient (Wildman–Crippen LogP) is 26.2. The Labute approximate surface area is 648 Å². The summed E-state index contributed by atoms with van der Waals surface area (Å²) in [6.07, 6.45) is 0. The minimum atomic E-state index is -0.289. The molecule has 4 nitrogen and oxygen atoms in total. The zero-order chi connectivity index (χ0) is 73.6. The lowest BCUT2D eigenvalue weighted by Crippen LogP contribution is -2.61. The van der Waals surface area contributed by atoms with Gasteiger partial charge in [0, 0.05) is 50.8 Å². The van der Waals surface area contributed by atoms with Crippen LogP contribution >= 0.6 is 0 Å². The van der Waals surface area contributed by atoms with Crippen LogP contribution in [0.15, 0.2) is 431 Å². The van der Waals surface area contributed by atoms with Crippen molar-refractivity contribution in [1.82, 2.24) is 9.97 Å². The summed E-state index contributed by atoms with van der Waals surface area (Å²) in [6.45, 7) is -0.289. The van der Waals surface area contributed by atoms with Gasteiger partial charge in [0.25, 0.3) is 6.71 Å². The van der Waals surface area contributed by atoms with Gasteiger partial charge in [-0.3, -0.25) is 0 Å². The first-order valence-electron chi connectivity index (χ1n) is 38.1. The van der Waals surface area contributed by atoms with Crippen LogP contribution in [-0.4, -0.2) is 16.7 Å². The van der Waals surface area contributed by atoms with E-state index in [1.165, 1.54) is 10.9 Å². The lowest BCUT2D eigenvalue weighted by atomic mass is 9.33. The molecule has 518 valence electrons. The molecule has 18 aromatic rings. The fraction of sp³-hybridized carbons (Fsp3) is 0. The Kier molecular flexibility index (Phi) is 17.0. The van der Waals surface area contributed by atoms with E-state index in [2.05, 4.69) is 441 Å². The molecule has 0 N–H and O–H groups in total. The van der Waals surface area contributed by atoms with Crippen LogP contribution in [0.4, 0.5) is 34.1 Å². The molecule has 17 aromatic carbocycles. The summed E-state index contributed by atoms with van der Waals surface area (Å²) in [5.74, 6) is 0.581. The summed E-state index contributed by atoms with van der Waals surface area (Å²) in [7, 11) is 0. The van der Waals surface area contributed by atoms with Crippen LogP contribution in [0.3, 0.4) is 0 Å². The molecule has 0 radical (unpaired) electrons. The molecule has 20 rings (SSSR count). The van der Waals surface area contributed by atoms with Gasteiger partial charge in [-0.05, 0) is 231 Å². The Morgan fingerprint density at radius 2 is 0.387 bits per heavy atom. The van der Waals surface area contributed by atoms with Crippen LogP contribution in [0, 0.1) is 0 Å². The largest absolute Gasteiger partial charge is 0.311 e. The van der Waals surface area contributed by atoms with E-state index >= 15 is 0 Å². The first-order chi connectivity index (χ1) is 55.0. The number of aromatic nitrogens is 2. The average Bonchev–Trinajstić information content (AvgIpc) is 0.692. The number of hydrogen-bond donors (Lipinski definition) is 0. The number of fused-ring (bicyclic) bond motifs is 4. The van der Waals surface area contributed by atoms with Gasteiger partial charge < -0.3 is 9.80 Å². The van der Waals surface area contributed by atoms with E-state index < -0.39 is 0 Å². The van der Waals surface area contributed by atoms with E-state index in [0.29, 0.717) is 5.82 Å². The third kappa shape index (κ3) is 12.8. The Morgan fingerprint density at radius 3 is 0.640 bits per heavy atom. The van der Waals surface area contributed by atoms with Crippen molar-refractivity contribution in [2.24, 2.45) is 0 Å². The summed E-state index contributed by atoms with van der Waals surface area (Å²) in [4.78, 5) is 17.2. The molecule has 0 atom stereocenters. The van der Waals surface area contributed by atoms with Crippen molar-refractivity contribution in [1.29, 1.82) is 0 Å². The van der Waals surface area contributed by atoms with Crippen molar-refractivity contribution in [3.05, 3.63) is 431 Å². The van der Waals surface area contributed by atoms with Gasteiger partial charge in [0.2, 0.25) is 0 Å². The molecule has 0 fully saturated rings. The Hall–Kier alpha value is -14.5. The van der Waals surface area contributed by atoms with E-state index in [1.807, 2.05) is 0 Å². The number of rotatable bonds is 15. The van der Waals surface area contributed by atoms with Crippen LogP contribution in [0.25, 0.3) is 145 Å². The number of nitrogens with zero attached hydrogens (tertiary/aromatic N) is 4. The summed E-state index contributed by atoms with van der Waals surface area (Å²) in [5, 5.41) is 0. The molecule has 0 spiro atoms. The van der Waals surface area contributed by atoms with Crippen LogP contribution < -0.4 is 26.2 Å². The van der Waals surface area contributed by atoms with E-state index in [9.17, 15) is 0 Å². The second-order valence-electron chi connectivity index (χ2n) is 28.8. The lowest BCUT2D eigenvalue weighted by Gasteiger charge is -2.45. The molecule has 111 heavy (non-hydrogen) atoms. The quantitative estimate of drug-likeness (QED) is 0.0958. The third-order valence-electron chi connectivity index (χ3n) is 21.9. The maximum absolute atomic E-state index is 6.03. The van der Waals surface area contributed by atoms with Crippen molar-refractivity contribution in [3.63, 3.8) is 0 Å². The summed E-state index contributed by atoms with van der Waals surface area (Å²) in [6, 6.07) is 158. The van der Waals surface area contributed by atoms with Gasteiger partial charge in [0.05, 0.1) is 11.4 Å². The molecular weight excluding hydrogens is 1340 g/mol. The van der Waals surface area contributed by atoms with Crippen LogP contribution in [0.1, 0.15) is 0 Å². The topological polar surface area (TPSA) is 32.3 Å². The molecule has 1 aromatic heterocycles. The Bertz CT molecular complexity index is 5850. The molecule has 0 saturated carbocycles. The predicted molar refractivity (Wildman–Crippen MR) is 467 cm³/mol. The van der Waals surface area contributed by atoms with Crippen molar-refractivity contribution in [2.45, 2.75) is 0 Å². The van der Waals surface area contributed by atoms with Crippen LogP contribution in [-0.2, 0) is 0 Å². The van der Waals surface area contributed by atoms with Gasteiger partial charge in [0.1, 0.15) is 0 Å². The summed E-state index contributed by atoms with van der Waals surface area (Å²) in [5.41, 5.74) is 36.4. The molecule has 0 aliphatic carbocycles. The van der Waals surface area contributed by atoms with Crippen molar-refractivity contribution in [3.8, 4) is 145 Å². The van der Waals surface area contributed by atoms with Crippen molar-refractivity contribution < 1.29 is 0 Å². The second kappa shape index (κ2) is 28.7. The van der Waals surface area contributed by atoms with Crippen LogP contribution in [0.5, 0.6) is 0 Å². The maximum Gasteiger partial charge on any atom is 0.252 e. The highest BCUT2D eigenvalue weighted by molar-refractivity contribution is 7.00. The zero-order valence-corrected chi connectivity index (χ0v) is 60.9. The minimum absolute atomic E-state index is 0.289. The number of hydrogen-bond acceptors (Lipinski definition) is 4. The van der Waals surface area contributed by atoms with Gasteiger partial charge >= 0.3 is 0 Å². The van der Waals surface area contributed by atoms with Gasteiger partial charge in [0.15, 0.2) is 5.82 Å². The fourth-order valence-corrected chi connectivity index (χ4v) is 16.6. The Morgan fingerprint density at radius 1 is 0.162 bits per heavy atom. The molecular formula is C106H71BN4. The van der Waals surface area contributed by atoms with E-state index in [1.54, 1.807) is 0 Å². The molecule has 2 aliphatic rings. The average molecular weight is 1410 g/mol. The maximum atomic E-state index is 6.03. The first kappa shape index (κ1) is 66.0. The van der Waals surface area contributed by atoms with Gasteiger partial charge in [-0.25, -0.2) is 9.97 Å². The SMILES string of the molecule is c1ccc(-c2cc(-c3ccccc3)cc(-c3cc(-c4cc(-c5ccccc5)cc(-c5ccccc5)c4)nc(-c4cc5c6c(c4)N(c4cc(-c7ccccc7)cc(-c7ccccc7)c4)c4ccc(-c7ccccc7)cc4B6c4cc(-c6ccccc6)ccc4N5c4cc(-c5ccccc5)cc(-c5ccccc5)c4)n3)c2)cc1. The molecule has 2 aliphatic heterocycles. The summed E-state index contributed by atoms with van der Waals surface area (Å²) < 4.78 is 0. The van der Waals surface area contributed by atoms with E-state index in [-0.39, 0.29) is 6.71 Å². The fourth-order valence-electron chi connectivity index (χ4n) is 16.6. The highest BCUT2D eigenvalue weighted by Crippen LogP contribution is 2.50. The molecule has 0 unspecified atom stereocenters. The molecule has 5 heteroatoms. The van der Waals surface area contributed by atoms with Gasteiger partial charge in [-0.2, -0.15) is 0 Å². The normalized spacial score (nSPS) is 11.9. The monoisotopic (exact) mass is 1410 g/mol. The smallest absolute Gasteiger partial charge is 0.252 e. The second-order valence-corrected chi connectivity index (χ2v) is 28.8. The van der Waals surface area contributed by atoms with Gasteiger partial charge in [-0.15, -0.1) is 0 Å². The zero-order valence-electron chi connectivity index (χ0n) is 60.9. The number of anilines is 6. The molecule has 3 heterocycles. The molecule has 0 amide bonds. The Balaban J connectivity index is 0.929. The van der Waals surface area contributed by atoms with Crippen molar-refractivity contribution in [2.75, 3.05) is 9.80 Å². The lowest BCUT2D eigenvalue weighted by molar-refractivity contribution is 1.18. The van der Waals surface area contributed by atoms with E-state index in [0.717, 1.165) is 179 Å². The summed E-state index contributed by atoms with van der Waals surface area (Å²) >= 11 is 0. The minimum Gasteiger partial charge on any atom is -0.311 e. The molecule has 0 bridgehead atoms. The van der Waals surface area contributed by atoms with Crippen LogP contribution in [0.2, 0.25) is 0 Å². The third-order valence-corrected chi connectivity index (χ3v) is 21.9. The van der Waals surface area contributed by atoms with Crippen molar-refractivity contribution >= 4 is 57.2 Å². The highest BCUT2D eigenvalue weighted by atomic mass is 15.2. The standard InChI is InChI=1S/C106H71BN4/c1-11-31-72(32-12-1)82-51-53-101-97(67-82)107-98-68-83(73-33-13-2-14-34-73)52-54-102(98)111(96-65-90(80-47-27-9-28-48-80)58-91(66-96)81-49-29-10-30-50-81)104-70-94(69-103(105(104)107)110(101)95-63-88(78-43-23-7-24-44-78)57-89(64-95)79-45-25-8-26-46-79)106-108-99(92-59-84(74-35-15-3-16-36-74)55-85(60-92)75-37-17-4-18-38-75)71-100(109-106)93-61-86(76-39-19-5-20-40-76)56-87(62-93)77-41-21-6-22-42-77/h1-71H. The number of benzene rings is 17.